The van der Waals surface area contributed by atoms with E-state index >= 15 is 0 Å². The maximum absolute atomic E-state index is 12.9. The van der Waals surface area contributed by atoms with E-state index in [2.05, 4.69) is 5.32 Å². The summed E-state index contributed by atoms with van der Waals surface area (Å²) in [5.41, 5.74) is 0. The molecule has 1 fully saturated rings. The van der Waals surface area contributed by atoms with Gasteiger partial charge in [-0.1, -0.05) is 13.3 Å². The van der Waals surface area contributed by atoms with E-state index < -0.39 is 9.84 Å². The second kappa shape index (κ2) is 5.85. The summed E-state index contributed by atoms with van der Waals surface area (Å²) in [5.74, 6) is 1.15. The summed E-state index contributed by atoms with van der Waals surface area (Å²) >= 11 is 0. The zero-order valence-corrected chi connectivity index (χ0v) is 13.0. The Labute approximate surface area is 125 Å². The largest absolute Gasteiger partial charge is 0.486 e. The summed E-state index contributed by atoms with van der Waals surface area (Å²) in [5, 5.41) is 2.95. The van der Waals surface area contributed by atoms with Gasteiger partial charge >= 0.3 is 0 Å². The van der Waals surface area contributed by atoms with Crippen molar-refractivity contribution in [3.05, 3.63) is 18.2 Å². The van der Waals surface area contributed by atoms with E-state index in [1.807, 2.05) is 6.92 Å². The van der Waals surface area contributed by atoms with Crippen LogP contribution in [0.5, 0.6) is 11.5 Å². The Balaban J connectivity index is 1.91. The van der Waals surface area contributed by atoms with Crippen LogP contribution in [0, 0.1) is 0 Å². The molecule has 0 amide bonds. The van der Waals surface area contributed by atoms with E-state index in [9.17, 15) is 8.42 Å². The van der Waals surface area contributed by atoms with Gasteiger partial charge in [0, 0.05) is 12.1 Å². The molecule has 2 unspecified atom stereocenters. The molecular formula is C15H21NO4S. The standard InChI is InChI=1S/C15H21NO4S/c1-2-16-12-4-3-5-15(12)21(17,18)11-6-7-13-14(10-11)20-9-8-19-13/h6-7,10,12,15-16H,2-5,8-9H2,1H3. The van der Waals surface area contributed by atoms with Crippen LogP contribution in [0.15, 0.2) is 23.1 Å². The third kappa shape index (κ3) is 2.74. The van der Waals surface area contributed by atoms with Gasteiger partial charge in [0.2, 0.25) is 0 Å². The summed E-state index contributed by atoms with van der Waals surface area (Å²) in [6.07, 6.45) is 2.59. The Morgan fingerprint density at radius 1 is 1.19 bits per heavy atom. The van der Waals surface area contributed by atoms with Gasteiger partial charge in [0.1, 0.15) is 13.2 Å². The Morgan fingerprint density at radius 3 is 2.71 bits per heavy atom. The SMILES string of the molecule is CCNC1CCCC1S(=O)(=O)c1ccc2c(c1)OCCO2. The van der Waals surface area contributed by atoms with Crippen molar-refractivity contribution < 1.29 is 17.9 Å². The van der Waals surface area contributed by atoms with Gasteiger partial charge in [-0.3, -0.25) is 0 Å². The van der Waals surface area contributed by atoms with Gasteiger partial charge in [-0.15, -0.1) is 0 Å². The van der Waals surface area contributed by atoms with Crippen molar-refractivity contribution in [1.82, 2.24) is 5.32 Å². The molecule has 1 aliphatic heterocycles. The molecule has 0 saturated heterocycles. The van der Waals surface area contributed by atoms with Crippen LogP contribution in [-0.4, -0.2) is 39.5 Å². The molecular weight excluding hydrogens is 290 g/mol. The Hall–Kier alpha value is -1.27. The van der Waals surface area contributed by atoms with Crippen LogP contribution < -0.4 is 14.8 Å². The van der Waals surface area contributed by atoms with E-state index in [4.69, 9.17) is 9.47 Å². The van der Waals surface area contributed by atoms with Crippen LogP contribution in [-0.2, 0) is 9.84 Å². The van der Waals surface area contributed by atoms with Crippen LogP contribution >= 0.6 is 0 Å². The number of nitrogens with one attached hydrogen (secondary N) is 1. The van der Waals surface area contributed by atoms with Crippen molar-refractivity contribution in [3.63, 3.8) is 0 Å². The number of benzene rings is 1. The summed E-state index contributed by atoms with van der Waals surface area (Å²) in [6, 6.07) is 4.97. The lowest BCUT2D eigenvalue weighted by Crippen LogP contribution is -2.40. The van der Waals surface area contributed by atoms with Crippen molar-refractivity contribution in [2.24, 2.45) is 0 Å². The lowest BCUT2D eigenvalue weighted by molar-refractivity contribution is 0.171. The molecule has 0 aromatic heterocycles. The van der Waals surface area contributed by atoms with Crippen LogP contribution in [0.2, 0.25) is 0 Å². The maximum Gasteiger partial charge on any atom is 0.182 e. The van der Waals surface area contributed by atoms with Crippen molar-refractivity contribution >= 4 is 9.84 Å². The predicted octanol–water partition coefficient (Wildman–Crippen LogP) is 1.76. The van der Waals surface area contributed by atoms with E-state index in [0.29, 0.717) is 36.0 Å². The highest BCUT2D eigenvalue weighted by molar-refractivity contribution is 7.92. The van der Waals surface area contributed by atoms with E-state index in [1.54, 1.807) is 18.2 Å². The van der Waals surface area contributed by atoms with Gasteiger partial charge in [0.15, 0.2) is 21.3 Å². The molecule has 1 N–H and O–H groups in total. The summed E-state index contributed by atoms with van der Waals surface area (Å²) in [7, 11) is -3.34. The molecule has 116 valence electrons. The molecule has 0 spiro atoms. The quantitative estimate of drug-likeness (QED) is 0.918. The van der Waals surface area contributed by atoms with E-state index in [1.165, 1.54) is 0 Å². The average molecular weight is 311 g/mol. The third-order valence-corrected chi connectivity index (χ3v) is 6.43. The van der Waals surface area contributed by atoms with Crippen molar-refractivity contribution in [1.29, 1.82) is 0 Å². The fourth-order valence-corrected chi connectivity index (χ4v) is 5.19. The molecule has 2 aliphatic rings. The van der Waals surface area contributed by atoms with Crippen LogP contribution in [0.25, 0.3) is 0 Å². The Kier molecular flexibility index (Phi) is 4.08. The fourth-order valence-electron chi connectivity index (χ4n) is 3.17. The minimum Gasteiger partial charge on any atom is -0.486 e. The maximum atomic E-state index is 12.9. The normalized spacial score (nSPS) is 25.0. The second-order valence-corrected chi connectivity index (χ2v) is 7.65. The van der Waals surface area contributed by atoms with Gasteiger partial charge in [-0.25, -0.2) is 8.42 Å². The van der Waals surface area contributed by atoms with Crippen LogP contribution in [0.4, 0.5) is 0 Å². The first-order chi connectivity index (χ1) is 10.1. The number of hydrogen-bond acceptors (Lipinski definition) is 5. The molecule has 5 nitrogen and oxygen atoms in total. The number of rotatable bonds is 4. The van der Waals surface area contributed by atoms with Gasteiger partial charge < -0.3 is 14.8 Å². The Morgan fingerprint density at radius 2 is 1.95 bits per heavy atom. The van der Waals surface area contributed by atoms with Gasteiger partial charge in [0.25, 0.3) is 0 Å². The molecule has 0 radical (unpaired) electrons. The zero-order valence-electron chi connectivity index (χ0n) is 12.2. The third-order valence-electron chi connectivity index (χ3n) is 4.16. The fraction of sp³-hybridized carbons (Fsp3) is 0.600. The number of hydrogen-bond donors (Lipinski definition) is 1. The molecule has 1 saturated carbocycles. The minimum atomic E-state index is -3.34. The Bertz CT molecular complexity index is 614. The number of fused-ring (bicyclic) bond motifs is 1. The highest BCUT2D eigenvalue weighted by atomic mass is 32.2. The average Bonchev–Trinajstić information content (AvgIpc) is 2.96. The molecule has 3 rings (SSSR count). The first-order valence-corrected chi connectivity index (χ1v) is 9.04. The first-order valence-electron chi connectivity index (χ1n) is 7.50. The van der Waals surface area contributed by atoms with Crippen LogP contribution in [0.3, 0.4) is 0 Å². The van der Waals surface area contributed by atoms with E-state index in [-0.39, 0.29) is 11.3 Å². The molecule has 1 heterocycles. The minimum absolute atomic E-state index is 0.0493. The smallest absolute Gasteiger partial charge is 0.182 e. The lowest BCUT2D eigenvalue weighted by atomic mass is 10.2. The monoisotopic (exact) mass is 311 g/mol. The van der Waals surface area contributed by atoms with Gasteiger partial charge in [-0.05, 0) is 31.5 Å². The van der Waals surface area contributed by atoms with Crippen LogP contribution in [0.1, 0.15) is 26.2 Å². The summed E-state index contributed by atoms with van der Waals surface area (Å²) < 4.78 is 36.7. The van der Waals surface area contributed by atoms with Gasteiger partial charge in [0.05, 0.1) is 10.1 Å². The zero-order chi connectivity index (χ0) is 14.9. The highest BCUT2D eigenvalue weighted by Gasteiger charge is 2.38. The summed E-state index contributed by atoms with van der Waals surface area (Å²) in [4.78, 5) is 0.335. The molecule has 2 atom stereocenters. The molecule has 6 heteroatoms. The topological polar surface area (TPSA) is 64.6 Å². The first kappa shape index (κ1) is 14.7. The van der Waals surface area contributed by atoms with Gasteiger partial charge in [-0.2, -0.15) is 0 Å². The van der Waals surface area contributed by atoms with Crippen molar-refractivity contribution in [2.45, 2.75) is 42.4 Å². The number of sulfone groups is 1. The highest BCUT2D eigenvalue weighted by Crippen LogP contribution is 2.36. The van der Waals surface area contributed by atoms with Crippen molar-refractivity contribution in [2.75, 3.05) is 19.8 Å². The molecule has 0 bridgehead atoms. The van der Waals surface area contributed by atoms with E-state index in [0.717, 1.165) is 19.4 Å². The number of ether oxygens (including phenoxy) is 2. The molecule has 21 heavy (non-hydrogen) atoms. The summed E-state index contributed by atoms with van der Waals surface area (Å²) in [6.45, 7) is 3.76. The predicted molar refractivity (Wildman–Crippen MR) is 79.7 cm³/mol. The molecule has 1 aromatic carbocycles. The second-order valence-electron chi connectivity index (χ2n) is 5.48. The molecule has 1 aromatic rings. The lowest BCUT2D eigenvalue weighted by Gasteiger charge is -2.22. The molecule has 1 aliphatic carbocycles. The van der Waals surface area contributed by atoms with Crippen molar-refractivity contribution in [3.8, 4) is 11.5 Å².